The topological polar surface area (TPSA) is 112 Å². The highest BCUT2D eigenvalue weighted by molar-refractivity contribution is 7.98. The van der Waals surface area contributed by atoms with E-state index in [4.69, 9.17) is 0 Å². The molecule has 0 saturated heterocycles. The van der Waals surface area contributed by atoms with Crippen LogP contribution in [0.2, 0.25) is 0 Å². The number of benzene rings is 1. The lowest BCUT2D eigenvalue weighted by Crippen LogP contribution is -2.35. The Bertz CT molecular complexity index is 852. The van der Waals surface area contributed by atoms with Crippen molar-refractivity contribution in [2.45, 2.75) is 24.7 Å². The minimum absolute atomic E-state index is 0.0103. The van der Waals surface area contributed by atoms with Gasteiger partial charge in [0.1, 0.15) is 5.75 Å². The summed E-state index contributed by atoms with van der Waals surface area (Å²) in [6, 6.07) is 3.96. The quantitative estimate of drug-likeness (QED) is 0.374. The van der Waals surface area contributed by atoms with E-state index in [1.54, 1.807) is 0 Å². The van der Waals surface area contributed by atoms with Crippen molar-refractivity contribution in [1.29, 1.82) is 0 Å². The Morgan fingerprint density at radius 1 is 1.50 bits per heavy atom. The number of non-ortho nitro benzene ring substituents is 1. The zero-order valence-electron chi connectivity index (χ0n) is 13.0. The van der Waals surface area contributed by atoms with Gasteiger partial charge in [0.2, 0.25) is 0 Å². The smallest absolute Gasteiger partial charge is 0.270 e. The summed E-state index contributed by atoms with van der Waals surface area (Å²) in [5, 5.41) is 21.4. The van der Waals surface area contributed by atoms with Gasteiger partial charge in [0, 0.05) is 43.8 Å². The minimum Gasteiger partial charge on any atom is -0.508 e. The van der Waals surface area contributed by atoms with Crippen LogP contribution >= 0.6 is 11.8 Å². The summed E-state index contributed by atoms with van der Waals surface area (Å²) in [6.45, 7) is 1.39. The zero-order valence-corrected chi connectivity index (χ0v) is 13.8. The molecular formula is C15H16N4O4S. The molecule has 3 rings (SSSR count). The maximum atomic E-state index is 12.2. The molecule has 2 N–H and O–H groups in total. The second-order valence-electron chi connectivity index (χ2n) is 5.53. The van der Waals surface area contributed by atoms with Gasteiger partial charge in [-0.15, -0.1) is 0 Å². The third-order valence-corrected chi connectivity index (χ3v) is 4.57. The van der Waals surface area contributed by atoms with Crippen molar-refractivity contribution in [2.24, 2.45) is 0 Å². The van der Waals surface area contributed by atoms with Gasteiger partial charge >= 0.3 is 0 Å². The molecule has 1 aromatic heterocycles. The first-order valence-corrected chi connectivity index (χ1v) is 8.55. The highest BCUT2D eigenvalue weighted by Crippen LogP contribution is 2.26. The molecule has 2 heterocycles. The summed E-state index contributed by atoms with van der Waals surface area (Å²) in [5.74, 6) is 0.0103. The Labute approximate surface area is 141 Å². The van der Waals surface area contributed by atoms with E-state index in [0.29, 0.717) is 42.3 Å². The number of aromatic hydroxyl groups is 1. The Morgan fingerprint density at radius 3 is 3.00 bits per heavy atom. The zero-order chi connectivity index (χ0) is 17.3. The molecule has 126 valence electrons. The fraction of sp³-hybridized carbons (Fsp3) is 0.333. The Balaban J connectivity index is 1.83. The standard InChI is InChI=1S/C15H16N4O4S/c1-24-15-16-12-4-5-18(8-11(12)14(21)17-15)7-9-6-10(19(22)23)2-3-13(9)20/h2-3,6,20H,4-5,7-8H2,1H3,(H,16,17,21). The molecule has 1 aliphatic rings. The van der Waals surface area contributed by atoms with Gasteiger partial charge in [-0.05, 0) is 12.3 Å². The number of nitro benzene ring substituents is 1. The van der Waals surface area contributed by atoms with E-state index in [1.807, 2.05) is 11.2 Å². The predicted octanol–water partition coefficient (Wildman–Crippen LogP) is 1.66. The van der Waals surface area contributed by atoms with Crippen LogP contribution in [-0.2, 0) is 19.5 Å². The van der Waals surface area contributed by atoms with Crippen LogP contribution in [0.15, 0.2) is 28.2 Å². The largest absolute Gasteiger partial charge is 0.508 e. The number of nitrogens with one attached hydrogen (secondary N) is 1. The van der Waals surface area contributed by atoms with Gasteiger partial charge in [0.05, 0.1) is 16.2 Å². The molecule has 0 fully saturated rings. The molecule has 24 heavy (non-hydrogen) atoms. The number of phenols is 1. The van der Waals surface area contributed by atoms with Gasteiger partial charge < -0.3 is 10.1 Å². The second kappa shape index (κ2) is 6.62. The molecule has 8 nitrogen and oxygen atoms in total. The fourth-order valence-corrected chi connectivity index (χ4v) is 3.14. The maximum Gasteiger partial charge on any atom is 0.270 e. The van der Waals surface area contributed by atoms with Crippen molar-refractivity contribution in [1.82, 2.24) is 14.9 Å². The van der Waals surface area contributed by atoms with Gasteiger partial charge in [-0.3, -0.25) is 19.8 Å². The molecule has 0 saturated carbocycles. The predicted molar refractivity (Wildman–Crippen MR) is 89.2 cm³/mol. The van der Waals surface area contributed by atoms with E-state index >= 15 is 0 Å². The van der Waals surface area contributed by atoms with Crippen LogP contribution in [0.25, 0.3) is 0 Å². The molecule has 0 spiro atoms. The van der Waals surface area contributed by atoms with E-state index in [-0.39, 0.29) is 17.0 Å². The van der Waals surface area contributed by atoms with Crippen molar-refractivity contribution in [3.05, 3.63) is 55.5 Å². The molecule has 9 heteroatoms. The molecule has 0 amide bonds. The number of nitrogens with zero attached hydrogens (tertiary/aromatic N) is 3. The number of hydrogen-bond donors (Lipinski definition) is 2. The van der Waals surface area contributed by atoms with Gasteiger partial charge in [-0.2, -0.15) is 0 Å². The highest BCUT2D eigenvalue weighted by Gasteiger charge is 2.22. The van der Waals surface area contributed by atoms with E-state index in [9.17, 15) is 20.0 Å². The number of nitro groups is 1. The molecule has 0 unspecified atom stereocenters. The summed E-state index contributed by atoms with van der Waals surface area (Å²) in [7, 11) is 0. The third kappa shape index (κ3) is 3.26. The first kappa shape index (κ1) is 16.5. The molecule has 0 aliphatic carbocycles. The van der Waals surface area contributed by atoms with Crippen LogP contribution in [0.1, 0.15) is 16.8 Å². The highest BCUT2D eigenvalue weighted by atomic mass is 32.2. The fourth-order valence-electron chi connectivity index (χ4n) is 2.74. The van der Waals surface area contributed by atoms with Crippen LogP contribution in [0, 0.1) is 10.1 Å². The minimum atomic E-state index is -0.493. The summed E-state index contributed by atoms with van der Waals surface area (Å²) in [4.78, 5) is 31.7. The first-order chi connectivity index (χ1) is 11.5. The van der Waals surface area contributed by atoms with E-state index < -0.39 is 4.92 Å². The van der Waals surface area contributed by atoms with Crippen LogP contribution < -0.4 is 5.56 Å². The average Bonchev–Trinajstić information content (AvgIpc) is 2.57. The number of thioether (sulfide) groups is 1. The normalized spacial score (nSPS) is 14.4. The molecule has 0 atom stereocenters. The molecule has 2 aromatic rings. The SMILES string of the molecule is CSc1nc2c(c(=O)[nH]1)CN(Cc1cc([N+](=O)[O-])ccc1O)CC2. The summed E-state index contributed by atoms with van der Waals surface area (Å²) in [5.41, 5.74) is 1.66. The average molecular weight is 348 g/mol. The lowest BCUT2D eigenvalue weighted by molar-refractivity contribution is -0.385. The number of phenolic OH excluding ortho intramolecular Hbond substituents is 1. The van der Waals surface area contributed by atoms with Crippen LogP contribution in [0.3, 0.4) is 0 Å². The van der Waals surface area contributed by atoms with Gasteiger partial charge in [0.15, 0.2) is 5.16 Å². The van der Waals surface area contributed by atoms with Crippen molar-refractivity contribution in [3.8, 4) is 5.75 Å². The van der Waals surface area contributed by atoms with E-state index in [1.165, 1.54) is 30.0 Å². The van der Waals surface area contributed by atoms with Gasteiger partial charge in [-0.1, -0.05) is 11.8 Å². The number of hydrogen-bond acceptors (Lipinski definition) is 7. The molecule has 1 aromatic carbocycles. The van der Waals surface area contributed by atoms with Crippen molar-refractivity contribution in [3.63, 3.8) is 0 Å². The van der Waals surface area contributed by atoms with Crippen molar-refractivity contribution >= 4 is 17.4 Å². The van der Waals surface area contributed by atoms with Crippen LogP contribution in [0.5, 0.6) is 5.75 Å². The summed E-state index contributed by atoms with van der Waals surface area (Å²) >= 11 is 1.39. The molecule has 0 radical (unpaired) electrons. The van der Waals surface area contributed by atoms with Crippen LogP contribution in [-0.4, -0.2) is 37.7 Å². The summed E-state index contributed by atoms with van der Waals surface area (Å²) < 4.78 is 0. The van der Waals surface area contributed by atoms with Crippen LogP contribution in [0.4, 0.5) is 5.69 Å². The summed E-state index contributed by atoms with van der Waals surface area (Å²) in [6.07, 6.45) is 2.48. The third-order valence-electron chi connectivity index (χ3n) is 3.99. The molecular weight excluding hydrogens is 332 g/mol. The Kier molecular flexibility index (Phi) is 4.54. The number of H-pyrrole nitrogens is 1. The lowest BCUT2D eigenvalue weighted by Gasteiger charge is -2.27. The number of fused-ring (bicyclic) bond motifs is 1. The lowest BCUT2D eigenvalue weighted by atomic mass is 10.1. The van der Waals surface area contributed by atoms with Crippen molar-refractivity contribution < 1.29 is 10.0 Å². The van der Waals surface area contributed by atoms with Gasteiger partial charge in [0.25, 0.3) is 11.2 Å². The Hall–Kier alpha value is -2.39. The second-order valence-corrected chi connectivity index (χ2v) is 6.33. The molecule has 0 bridgehead atoms. The maximum absolute atomic E-state index is 12.2. The van der Waals surface area contributed by atoms with E-state index in [0.717, 1.165) is 5.69 Å². The van der Waals surface area contributed by atoms with Crippen molar-refractivity contribution in [2.75, 3.05) is 12.8 Å². The number of rotatable bonds is 4. The monoisotopic (exact) mass is 348 g/mol. The van der Waals surface area contributed by atoms with E-state index in [2.05, 4.69) is 9.97 Å². The molecule has 1 aliphatic heterocycles. The number of aromatic nitrogens is 2. The van der Waals surface area contributed by atoms with Gasteiger partial charge in [-0.25, -0.2) is 4.98 Å². The number of aromatic amines is 1. The Morgan fingerprint density at radius 2 is 2.29 bits per heavy atom. The first-order valence-electron chi connectivity index (χ1n) is 7.32.